The molecule has 3 rings (SSSR count). The monoisotopic (exact) mass is 523 g/mol. The maximum atomic E-state index is 12.1. The highest BCUT2D eigenvalue weighted by Gasteiger charge is 2.07. The van der Waals surface area contributed by atoms with E-state index in [-0.39, 0.29) is 24.7 Å². The number of nitrogens with one attached hydrogen (secondary N) is 2. The summed E-state index contributed by atoms with van der Waals surface area (Å²) in [5.74, 6) is 0.848. The normalized spacial score (nSPS) is 10.6. The van der Waals surface area contributed by atoms with Crippen molar-refractivity contribution < 1.29 is 19.1 Å². The molecule has 0 spiro atoms. The minimum Gasteiger partial charge on any atom is -0.494 e. The predicted octanol–water partition coefficient (Wildman–Crippen LogP) is 5.30. The number of hydrazone groups is 1. The van der Waals surface area contributed by atoms with Gasteiger partial charge < -0.3 is 14.8 Å². The standard InChI is InChI=1S/C26H26BrN3O4/c1-2-33-22-11-9-21(10-12-22)29-25(31)14-15-26(32)30-28-17-20-8-13-24(23(27)16-20)34-18-19-6-4-3-5-7-19/h3-13,16-17H,2,14-15,18H2,1H3,(H,29,31)(H,30,32). The van der Waals surface area contributed by atoms with Crippen LogP contribution in [0.3, 0.4) is 0 Å². The largest absolute Gasteiger partial charge is 0.494 e. The van der Waals surface area contributed by atoms with Gasteiger partial charge in [0.05, 0.1) is 17.3 Å². The Kier molecular flexibility index (Phi) is 9.66. The highest BCUT2D eigenvalue weighted by atomic mass is 79.9. The Morgan fingerprint density at radius 2 is 1.68 bits per heavy atom. The Morgan fingerprint density at radius 3 is 2.38 bits per heavy atom. The molecule has 0 heterocycles. The lowest BCUT2D eigenvalue weighted by Crippen LogP contribution is -2.20. The molecule has 0 bridgehead atoms. The van der Waals surface area contributed by atoms with Gasteiger partial charge in [-0.1, -0.05) is 30.3 Å². The van der Waals surface area contributed by atoms with E-state index in [4.69, 9.17) is 9.47 Å². The van der Waals surface area contributed by atoms with E-state index in [0.717, 1.165) is 21.3 Å². The van der Waals surface area contributed by atoms with Gasteiger partial charge >= 0.3 is 0 Å². The van der Waals surface area contributed by atoms with Gasteiger partial charge in [0.1, 0.15) is 18.1 Å². The lowest BCUT2D eigenvalue weighted by molar-refractivity contribution is -0.124. The Balaban J connectivity index is 1.39. The second-order valence-corrected chi connectivity index (χ2v) is 8.12. The van der Waals surface area contributed by atoms with Gasteiger partial charge in [0.15, 0.2) is 0 Å². The Bertz CT molecular complexity index is 1120. The van der Waals surface area contributed by atoms with E-state index in [0.29, 0.717) is 24.7 Å². The zero-order valence-corrected chi connectivity index (χ0v) is 20.4. The van der Waals surface area contributed by atoms with Crippen LogP contribution in [0.25, 0.3) is 0 Å². The number of benzene rings is 3. The van der Waals surface area contributed by atoms with Crippen LogP contribution in [-0.2, 0) is 16.2 Å². The molecule has 2 N–H and O–H groups in total. The summed E-state index contributed by atoms with van der Waals surface area (Å²) in [6.45, 7) is 2.95. The fourth-order valence-electron chi connectivity index (χ4n) is 2.94. The van der Waals surface area contributed by atoms with Crippen LogP contribution in [0.15, 0.2) is 82.4 Å². The van der Waals surface area contributed by atoms with Crippen molar-refractivity contribution in [1.29, 1.82) is 0 Å². The van der Waals surface area contributed by atoms with Gasteiger partial charge in [-0.2, -0.15) is 5.10 Å². The fraction of sp³-hybridized carbons (Fsp3) is 0.192. The van der Waals surface area contributed by atoms with Crippen LogP contribution in [0.2, 0.25) is 0 Å². The molecule has 0 atom stereocenters. The summed E-state index contributed by atoms with van der Waals surface area (Å²) in [6.07, 6.45) is 1.60. The molecule has 7 nitrogen and oxygen atoms in total. The van der Waals surface area contributed by atoms with E-state index >= 15 is 0 Å². The van der Waals surface area contributed by atoms with Crippen molar-refractivity contribution in [2.24, 2.45) is 5.10 Å². The molecule has 0 saturated heterocycles. The zero-order chi connectivity index (χ0) is 24.2. The molecule has 3 aromatic rings. The van der Waals surface area contributed by atoms with Crippen molar-refractivity contribution in [3.63, 3.8) is 0 Å². The van der Waals surface area contributed by atoms with E-state index in [2.05, 4.69) is 31.8 Å². The van der Waals surface area contributed by atoms with Gasteiger partial charge in [-0.05, 0) is 76.4 Å². The summed E-state index contributed by atoms with van der Waals surface area (Å²) in [5, 5.41) is 6.71. The zero-order valence-electron chi connectivity index (χ0n) is 18.8. The van der Waals surface area contributed by atoms with Crippen LogP contribution in [0.1, 0.15) is 30.9 Å². The average Bonchev–Trinajstić information content (AvgIpc) is 2.84. The molecule has 0 saturated carbocycles. The molecule has 2 amide bonds. The van der Waals surface area contributed by atoms with Gasteiger partial charge in [0.25, 0.3) is 0 Å². The third-order valence-corrected chi connectivity index (χ3v) is 5.24. The van der Waals surface area contributed by atoms with Crippen LogP contribution >= 0.6 is 15.9 Å². The fourth-order valence-corrected chi connectivity index (χ4v) is 3.45. The molecule has 8 heteroatoms. The maximum absolute atomic E-state index is 12.1. The molecule has 34 heavy (non-hydrogen) atoms. The molecule has 176 valence electrons. The Labute approximate surface area is 207 Å². The van der Waals surface area contributed by atoms with Crippen LogP contribution < -0.4 is 20.2 Å². The minimum atomic E-state index is -0.347. The molecule has 0 aliphatic rings. The number of anilines is 1. The molecular formula is C26H26BrN3O4. The molecule has 3 aromatic carbocycles. The lowest BCUT2D eigenvalue weighted by atomic mass is 10.2. The van der Waals surface area contributed by atoms with Crippen molar-refractivity contribution in [2.75, 3.05) is 11.9 Å². The smallest absolute Gasteiger partial charge is 0.240 e. The van der Waals surface area contributed by atoms with Gasteiger partial charge in [0.2, 0.25) is 11.8 Å². The first-order valence-corrected chi connectivity index (χ1v) is 11.6. The number of carbonyl (C=O) groups is 2. The van der Waals surface area contributed by atoms with E-state index in [1.807, 2.05) is 55.5 Å². The van der Waals surface area contributed by atoms with Crippen molar-refractivity contribution in [2.45, 2.75) is 26.4 Å². The quantitative estimate of drug-likeness (QED) is 0.263. The van der Waals surface area contributed by atoms with Gasteiger partial charge in [-0.15, -0.1) is 0 Å². The summed E-state index contributed by atoms with van der Waals surface area (Å²) in [4.78, 5) is 24.1. The third-order valence-electron chi connectivity index (χ3n) is 4.62. The van der Waals surface area contributed by atoms with Gasteiger partial charge in [0, 0.05) is 18.5 Å². The number of hydrogen-bond acceptors (Lipinski definition) is 5. The van der Waals surface area contributed by atoms with Crippen molar-refractivity contribution in [1.82, 2.24) is 5.43 Å². The Morgan fingerprint density at radius 1 is 0.941 bits per heavy atom. The minimum absolute atomic E-state index is 0.0240. The first-order valence-electron chi connectivity index (χ1n) is 10.8. The van der Waals surface area contributed by atoms with Crippen molar-refractivity contribution >= 4 is 39.6 Å². The first-order chi connectivity index (χ1) is 16.5. The molecule has 0 aliphatic carbocycles. The van der Waals surface area contributed by atoms with E-state index in [1.165, 1.54) is 6.21 Å². The molecule has 0 fully saturated rings. The van der Waals surface area contributed by atoms with Crippen LogP contribution in [0.5, 0.6) is 11.5 Å². The number of carbonyl (C=O) groups excluding carboxylic acids is 2. The summed E-state index contributed by atoms with van der Waals surface area (Å²) >= 11 is 3.50. The summed E-state index contributed by atoms with van der Waals surface area (Å²) in [5.41, 5.74) is 4.95. The third kappa shape index (κ3) is 8.37. The average molecular weight is 524 g/mol. The summed E-state index contributed by atoms with van der Waals surface area (Å²) in [7, 11) is 0. The number of ether oxygens (including phenoxy) is 2. The second-order valence-electron chi connectivity index (χ2n) is 7.26. The highest BCUT2D eigenvalue weighted by Crippen LogP contribution is 2.26. The maximum Gasteiger partial charge on any atom is 0.240 e. The number of rotatable bonds is 11. The van der Waals surface area contributed by atoms with E-state index in [1.54, 1.807) is 24.3 Å². The van der Waals surface area contributed by atoms with Crippen molar-refractivity contribution in [3.05, 3.63) is 88.4 Å². The lowest BCUT2D eigenvalue weighted by Gasteiger charge is -2.09. The van der Waals surface area contributed by atoms with Gasteiger partial charge in [-0.3, -0.25) is 9.59 Å². The number of nitrogens with zero attached hydrogens (tertiary/aromatic N) is 1. The molecule has 0 aromatic heterocycles. The number of halogens is 1. The predicted molar refractivity (Wildman–Crippen MR) is 136 cm³/mol. The SMILES string of the molecule is CCOc1ccc(NC(=O)CCC(=O)NN=Cc2ccc(OCc3ccccc3)c(Br)c2)cc1. The Hall–Kier alpha value is -3.65. The topological polar surface area (TPSA) is 89.0 Å². The van der Waals surface area contributed by atoms with Crippen molar-refractivity contribution in [3.8, 4) is 11.5 Å². The van der Waals surface area contributed by atoms with Crippen LogP contribution in [-0.4, -0.2) is 24.6 Å². The van der Waals surface area contributed by atoms with Gasteiger partial charge in [-0.25, -0.2) is 5.43 Å². The molecule has 0 unspecified atom stereocenters. The molecule has 0 aliphatic heterocycles. The number of hydrogen-bond donors (Lipinski definition) is 2. The summed E-state index contributed by atoms with van der Waals surface area (Å²) in [6, 6.07) is 22.5. The number of amides is 2. The molecule has 0 radical (unpaired) electrons. The van der Waals surface area contributed by atoms with E-state index < -0.39 is 0 Å². The highest BCUT2D eigenvalue weighted by molar-refractivity contribution is 9.10. The van der Waals surface area contributed by atoms with Crippen LogP contribution in [0, 0.1) is 0 Å². The van der Waals surface area contributed by atoms with Crippen LogP contribution in [0.4, 0.5) is 5.69 Å². The first kappa shape index (κ1) is 25.0. The summed E-state index contributed by atoms with van der Waals surface area (Å²) < 4.78 is 12.0. The second kappa shape index (κ2) is 13.2. The molecular weight excluding hydrogens is 498 g/mol. The van der Waals surface area contributed by atoms with E-state index in [9.17, 15) is 9.59 Å².